The van der Waals surface area contributed by atoms with E-state index in [0.717, 1.165) is 11.4 Å². The van der Waals surface area contributed by atoms with Crippen molar-refractivity contribution in [2.24, 2.45) is 17.1 Å². The van der Waals surface area contributed by atoms with Crippen molar-refractivity contribution in [3.63, 3.8) is 0 Å². The second-order valence-corrected chi connectivity index (χ2v) is 5.60. The minimum Gasteiger partial charge on any atom is -0.495 e. The van der Waals surface area contributed by atoms with Gasteiger partial charge < -0.3 is 10.5 Å². The Labute approximate surface area is 103 Å². The van der Waals surface area contributed by atoms with Gasteiger partial charge in [-0.25, -0.2) is 0 Å². The lowest BCUT2D eigenvalue weighted by Gasteiger charge is -2.32. The number of hydrogen-bond acceptors (Lipinski definition) is 3. The summed E-state index contributed by atoms with van der Waals surface area (Å²) in [6.45, 7) is 4.61. The highest BCUT2D eigenvalue weighted by molar-refractivity contribution is 5.30. The van der Waals surface area contributed by atoms with Crippen LogP contribution in [0.5, 0.6) is 5.75 Å². The molecule has 3 nitrogen and oxygen atoms in total. The summed E-state index contributed by atoms with van der Waals surface area (Å²) in [6, 6.07) is 3.79. The Bertz CT molecular complexity index is 390. The smallest absolute Gasteiger partial charge is 0.141 e. The van der Waals surface area contributed by atoms with Crippen LogP contribution in [0.25, 0.3) is 0 Å². The van der Waals surface area contributed by atoms with E-state index in [2.05, 4.69) is 18.8 Å². The van der Waals surface area contributed by atoms with Gasteiger partial charge in [-0.1, -0.05) is 20.3 Å². The van der Waals surface area contributed by atoms with Crippen molar-refractivity contribution in [1.82, 2.24) is 4.98 Å². The maximum absolute atomic E-state index is 6.41. The number of aromatic nitrogens is 1. The van der Waals surface area contributed by atoms with Crippen molar-refractivity contribution in [3.05, 3.63) is 24.0 Å². The molecule has 2 atom stereocenters. The molecule has 1 aromatic heterocycles. The van der Waals surface area contributed by atoms with Gasteiger partial charge in [-0.3, -0.25) is 4.98 Å². The van der Waals surface area contributed by atoms with Crippen molar-refractivity contribution >= 4 is 0 Å². The first kappa shape index (κ1) is 12.4. The van der Waals surface area contributed by atoms with E-state index >= 15 is 0 Å². The first-order valence-corrected chi connectivity index (χ1v) is 6.31. The van der Waals surface area contributed by atoms with E-state index in [1.807, 2.05) is 12.1 Å². The largest absolute Gasteiger partial charge is 0.495 e. The molecule has 0 aliphatic heterocycles. The van der Waals surface area contributed by atoms with Gasteiger partial charge in [0, 0.05) is 6.20 Å². The van der Waals surface area contributed by atoms with E-state index in [4.69, 9.17) is 10.5 Å². The molecule has 0 aromatic carbocycles. The number of pyridine rings is 1. The van der Waals surface area contributed by atoms with Gasteiger partial charge in [0.15, 0.2) is 0 Å². The topological polar surface area (TPSA) is 48.1 Å². The minimum atomic E-state index is -0.0244. The van der Waals surface area contributed by atoms with Crippen LogP contribution in [-0.2, 0) is 0 Å². The lowest BCUT2D eigenvalue weighted by Crippen LogP contribution is -2.30. The van der Waals surface area contributed by atoms with Crippen molar-refractivity contribution in [3.8, 4) is 5.75 Å². The highest BCUT2D eigenvalue weighted by atomic mass is 16.5. The summed E-state index contributed by atoms with van der Waals surface area (Å²) in [6.07, 6.45) is 5.49. The van der Waals surface area contributed by atoms with Gasteiger partial charge in [0.05, 0.1) is 18.8 Å². The highest BCUT2D eigenvalue weighted by Crippen LogP contribution is 2.48. The monoisotopic (exact) mass is 234 g/mol. The average molecular weight is 234 g/mol. The third-order valence-electron chi connectivity index (χ3n) is 4.11. The Morgan fingerprint density at radius 1 is 1.53 bits per heavy atom. The first-order chi connectivity index (χ1) is 8.06. The number of rotatable bonds is 3. The maximum atomic E-state index is 6.41. The summed E-state index contributed by atoms with van der Waals surface area (Å²) in [5, 5.41) is 0. The lowest BCUT2D eigenvalue weighted by molar-refractivity contribution is 0.217. The van der Waals surface area contributed by atoms with Crippen LogP contribution in [0.15, 0.2) is 18.3 Å². The summed E-state index contributed by atoms with van der Waals surface area (Å²) in [5.74, 6) is 1.30. The zero-order chi connectivity index (χ0) is 12.5. The first-order valence-electron chi connectivity index (χ1n) is 6.31. The molecule has 94 valence electrons. The van der Waals surface area contributed by atoms with Crippen LogP contribution in [0, 0.1) is 11.3 Å². The van der Waals surface area contributed by atoms with Crippen LogP contribution in [0.1, 0.15) is 44.8 Å². The van der Waals surface area contributed by atoms with Crippen molar-refractivity contribution in [2.45, 2.75) is 39.2 Å². The molecule has 3 heteroatoms. The van der Waals surface area contributed by atoms with E-state index in [9.17, 15) is 0 Å². The van der Waals surface area contributed by atoms with Crippen LogP contribution in [0.4, 0.5) is 0 Å². The summed E-state index contributed by atoms with van der Waals surface area (Å²) < 4.78 is 5.35. The van der Waals surface area contributed by atoms with Crippen molar-refractivity contribution < 1.29 is 4.74 Å². The van der Waals surface area contributed by atoms with Crippen molar-refractivity contribution in [2.75, 3.05) is 7.11 Å². The fourth-order valence-electron chi connectivity index (χ4n) is 3.04. The third-order valence-corrected chi connectivity index (χ3v) is 4.11. The molecule has 0 radical (unpaired) electrons. The Morgan fingerprint density at radius 2 is 2.29 bits per heavy atom. The molecule has 17 heavy (non-hydrogen) atoms. The highest BCUT2D eigenvalue weighted by Gasteiger charge is 2.39. The van der Waals surface area contributed by atoms with Crippen LogP contribution in [-0.4, -0.2) is 12.1 Å². The average Bonchev–Trinajstić information content (AvgIpc) is 2.68. The van der Waals surface area contributed by atoms with Gasteiger partial charge in [-0.2, -0.15) is 0 Å². The molecule has 2 N–H and O–H groups in total. The zero-order valence-electron chi connectivity index (χ0n) is 10.9. The third kappa shape index (κ3) is 2.29. The molecule has 1 aliphatic carbocycles. The molecule has 1 saturated carbocycles. The van der Waals surface area contributed by atoms with Gasteiger partial charge in [0.1, 0.15) is 5.75 Å². The molecule has 0 bridgehead atoms. The SMILES string of the molecule is COc1cccnc1C(N)C1CCCC1(C)C. The second kappa shape index (κ2) is 4.65. The summed E-state index contributed by atoms with van der Waals surface area (Å²) in [7, 11) is 1.67. The molecule has 2 unspecified atom stereocenters. The molecule has 0 saturated heterocycles. The number of nitrogens with zero attached hydrogens (tertiary/aromatic N) is 1. The molecule has 1 aromatic rings. The van der Waals surface area contributed by atoms with E-state index in [1.54, 1.807) is 13.3 Å². The molecule has 1 fully saturated rings. The zero-order valence-corrected chi connectivity index (χ0v) is 10.9. The quantitative estimate of drug-likeness (QED) is 0.874. The lowest BCUT2D eigenvalue weighted by atomic mass is 9.76. The van der Waals surface area contributed by atoms with E-state index in [1.165, 1.54) is 19.3 Å². The second-order valence-electron chi connectivity index (χ2n) is 5.60. The van der Waals surface area contributed by atoms with Crippen LogP contribution >= 0.6 is 0 Å². The fourth-order valence-corrected chi connectivity index (χ4v) is 3.04. The van der Waals surface area contributed by atoms with Crippen LogP contribution < -0.4 is 10.5 Å². The fraction of sp³-hybridized carbons (Fsp3) is 0.643. The number of ether oxygens (including phenoxy) is 1. The van der Waals surface area contributed by atoms with Gasteiger partial charge in [-0.15, -0.1) is 0 Å². The molecule has 2 rings (SSSR count). The molecular weight excluding hydrogens is 212 g/mol. The predicted octanol–water partition coefficient (Wildman–Crippen LogP) is 2.92. The number of nitrogens with two attached hydrogens (primary N) is 1. The Kier molecular flexibility index (Phi) is 3.38. The van der Waals surface area contributed by atoms with Gasteiger partial charge in [0.2, 0.25) is 0 Å². The Balaban J connectivity index is 2.27. The van der Waals surface area contributed by atoms with E-state index < -0.39 is 0 Å². The Morgan fingerprint density at radius 3 is 2.88 bits per heavy atom. The normalized spacial score (nSPS) is 24.6. The van der Waals surface area contributed by atoms with Crippen LogP contribution in [0.3, 0.4) is 0 Å². The summed E-state index contributed by atoms with van der Waals surface area (Å²) >= 11 is 0. The van der Waals surface area contributed by atoms with E-state index in [0.29, 0.717) is 11.3 Å². The summed E-state index contributed by atoms with van der Waals surface area (Å²) in [5.41, 5.74) is 7.62. The molecular formula is C14H22N2O. The minimum absolute atomic E-state index is 0.0244. The van der Waals surface area contributed by atoms with Crippen molar-refractivity contribution in [1.29, 1.82) is 0 Å². The van der Waals surface area contributed by atoms with Crippen LogP contribution in [0.2, 0.25) is 0 Å². The maximum Gasteiger partial charge on any atom is 0.141 e. The molecule has 1 heterocycles. The number of methoxy groups -OCH3 is 1. The summed E-state index contributed by atoms with van der Waals surface area (Å²) in [4.78, 5) is 4.41. The predicted molar refractivity (Wildman–Crippen MR) is 68.8 cm³/mol. The number of hydrogen-bond donors (Lipinski definition) is 1. The van der Waals surface area contributed by atoms with Gasteiger partial charge in [-0.05, 0) is 36.3 Å². The molecule has 0 spiro atoms. The standard InChI is InChI=1S/C14H22N2O/c1-14(2)8-4-6-10(14)12(15)13-11(17-3)7-5-9-16-13/h5,7,9-10,12H,4,6,8,15H2,1-3H3. The Hall–Kier alpha value is -1.09. The molecule has 0 amide bonds. The van der Waals surface area contributed by atoms with E-state index in [-0.39, 0.29) is 6.04 Å². The van der Waals surface area contributed by atoms with Gasteiger partial charge in [0.25, 0.3) is 0 Å². The molecule has 1 aliphatic rings. The van der Waals surface area contributed by atoms with Gasteiger partial charge >= 0.3 is 0 Å².